The summed E-state index contributed by atoms with van der Waals surface area (Å²) < 4.78 is 6.84. The van der Waals surface area contributed by atoms with Crippen molar-refractivity contribution in [1.29, 1.82) is 0 Å². The van der Waals surface area contributed by atoms with Crippen molar-refractivity contribution in [2.45, 2.75) is 26.3 Å². The van der Waals surface area contributed by atoms with Gasteiger partial charge in [-0.25, -0.2) is 4.98 Å². The minimum Gasteiger partial charge on any atom is -0.378 e. The number of nitrogens with zero attached hydrogens (tertiary/aromatic N) is 3. The molecule has 7 heteroatoms. The molecule has 1 aromatic rings. The van der Waals surface area contributed by atoms with Crippen LogP contribution < -0.4 is 10.9 Å². The predicted octanol–water partition coefficient (Wildman–Crippen LogP) is 0.314. The molecule has 2 heterocycles. The molecule has 7 nitrogen and oxygen atoms in total. The third-order valence-electron chi connectivity index (χ3n) is 3.37. The zero-order valence-electron chi connectivity index (χ0n) is 12.4. The van der Waals surface area contributed by atoms with E-state index in [9.17, 15) is 9.59 Å². The first-order valence-corrected chi connectivity index (χ1v) is 7.37. The van der Waals surface area contributed by atoms with E-state index in [1.54, 1.807) is 21.9 Å². The average molecular weight is 294 g/mol. The summed E-state index contributed by atoms with van der Waals surface area (Å²) in [5.41, 5.74) is -0.141. The van der Waals surface area contributed by atoms with Gasteiger partial charge < -0.3 is 19.5 Å². The van der Waals surface area contributed by atoms with Crippen molar-refractivity contribution < 1.29 is 9.53 Å². The number of morpholine rings is 1. The monoisotopic (exact) mass is 294 g/mol. The Balaban J connectivity index is 1.84. The molecular formula is C14H22N4O3. The molecule has 1 amide bonds. The molecule has 1 aromatic heterocycles. The Hall–Kier alpha value is -1.89. The van der Waals surface area contributed by atoms with Crippen molar-refractivity contribution in [3.8, 4) is 0 Å². The highest BCUT2D eigenvalue weighted by Crippen LogP contribution is 2.01. The zero-order valence-corrected chi connectivity index (χ0v) is 12.4. The van der Waals surface area contributed by atoms with Gasteiger partial charge in [0.1, 0.15) is 0 Å². The molecular weight excluding hydrogens is 272 g/mol. The van der Waals surface area contributed by atoms with Crippen molar-refractivity contribution in [3.63, 3.8) is 0 Å². The van der Waals surface area contributed by atoms with Crippen molar-refractivity contribution in [1.82, 2.24) is 14.5 Å². The lowest BCUT2D eigenvalue weighted by atomic mass is 10.3. The molecule has 0 aliphatic carbocycles. The lowest BCUT2D eigenvalue weighted by Crippen LogP contribution is -2.41. The Kier molecular flexibility index (Phi) is 5.74. The fourth-order valence-corrected chi connectivity index (χ4v) is 2.24. The van der Waals surface area contributed by atoms with E-state index in [1.807, 2.05) is 6.92 Å². The van der Waals surface area contributed by atoms with Crippen LogP contribution in [-0.4, -0.2) is 53.2 Å². The number of rotatable bonds is 6. The molecule has 1 aliphatic rings. The van der Waals surface area contributed by atoms with Crippen LogP contribution in [-0.2, 0) is 16.1 Å². The minimum atomic E-state index is -0.141. The molecule has 1 fully saturated rings. The first-order valence-electron chi connectivity index (χ1n) is 7.37. The quantitative estimate of drug-likeness (QED) is 0.817. The average Bonchev–Trinajstić information content (AvgIpc) is 2.52. The van der Waals surface area contributed by atoms with Crippen LogP contribution in [0.15, 0.2) is 17.2 Å². The van der Waals surface area contributed by atoms with Gasteiger partial charge in [-0.2, -0.15) is 0 Å². The fraction of sp³-hybridized carbons (Fsp3) is 0.643. The van der Waals surface area contributed by atoms with E-state index in [4.69, 9.17) is 4.74 Å². The van der Waals surface area contributed by atoms with Crippen LogP contribution in [0.2, 0.25) is 0 Å². The standard InChI is InChI=1S/C14H22N4O3/c1-2-6-18-7-5-16-13(14(18)20)15-4-3-12(19)17-8-10-21-11-9-17/h5,7H,2-4,6,8-11H2,1H3,(H,15,16). The molecule has 21 heavy (non-hydrogen) atoms. The van der Waals surface area contributed by atoms with Gasteiger partial charge in [0.05, 0.1) is 13.2 Å². The normalized spacial score (nSPS) is 15.0. The van der Waals surface area contributed by atoms with E-state index < -0.39 is 0 Å². The van der Waals surface area contributed by atoms with Crippen molar-refractivity contribution in [2.75, 3.05) is 38.2 Å². The first-order chi connectivity index (χ1) is 10.2. The van der Waals surface area contributed by atoms with Crippen LogP contribution in [0.3, 0.4) is 0 Å². The largest absolute Gasteiger partial charge is 0.378 e. The van der Waals surface area contributed by atoms with E-state index in [0.717, 1.165) is 6.42 Å². The number of ether oxygens (including phenoxy) is 1. The van der Waals surface area contributed by atoms with E-state index in [1.165, 1.54) is 0 Å². The molecule has 0 atom stereocenters. The third kappa shape index (κ3) is 4.29. The first kappa shape index (κ1) is 15.5. The van der Waals surface area contributed by atoms with Crippen LogP contribution in [0.4, 0.5) is 5.82 Å². The van der Waals surface area contributed by atoms with Crippen LogP contribution in [0.5, 0.6) is 0 Å². The van der Waals surface area contributed by atoms with Crippen LogP contribution in [0.25, 0.3) is 0 Å². The summed E-state index contributed by atoms with van der Waals surface area (Å²) in [4.78, 5) is 29.9. The lowest BCUT2D eigenvalue weighted by Gasteiger charge is -2.26. The maximum absolute atomic E-state index is 12.1. The Bertz CT molecular complexity index is 523. The third-order valence-corrected chi connectivity index (χ3v) is 3.37. The van der Waals surface area contributed by atoms with Gasteiger partial charge in [0.25, 0.3) is 5.56 Å². The van der Waals surface area contributed by atoms with Crippen LogP contribution in [0, 0.1) is 0 Å². The summed E-state index contributed by atoms with van der Waals surface area (Å²) in [7, 11) is 0. The molecule has 0 spiro atoms. The van der Waals surface area contributed by atoms with Crippen molar-refractivity contribution in [3.05, 3.63) is 22.7 Å². The summed E-state index contributed by atoms with van der Waals surface area (Å²) in [6.45, 7) is 5.58. The molecule has 1 aliphatic heterocycles. The van der Waals surface area contributed by atoms with Gasteiger partial charge in [-0.3, -0.25) is 9.59 Å². The molecule has 1 N–H and O–H groups in total. The number of hydrogen-bond donors (Lipinski definition) is 1. The predicted molar refractivity (Wildman–Crippen MR) is 79.3 cm³/mol. The van der Waals surface area contributed by atoms with E-state index in [0.29, 0.717) is 51.6 Å². The van der Waals surface area contributed by atoms with Gasteiger partial charge >= 0.3 is 0 Å². The fourth-order valence-electron chi connectivity index (χ4n) is 2.24. The Morgan fingerprint density at radius 2 is 2.19 bits per heavy atom. The second kappa shape index (κ2) is 7.78. The van der Waals surface area contributed by atoms with E-state index >= 15 is 0 Å². The number of carbonyl (C=O) groups excluding carboxylic acids is 1. The number of hydrogen-bond acceptors (Lipinski definition) is 5. The zero-order chi connectivity index (χ0) is 15.1. The van der Waals surface area contributed by atoms with Crippen LogP contribution in [0.1, 0.15) is 19.8 Å². The number of aryl methyl sites for hydroxylation is 1. The number of amides is 1. The van der Waals surface area contributed by atoms with Gasteiger partial charge in [0, 0.05) is 45.0 Å². The van der Waals surface area contributed by atoms with Crippen molar-refractivity contribution in [2.24, 2.45) is 0 Å². The molecule has 116 valence electrons. The highest BCUT2D eigenvalue weighted by Gasteiger charge is 2.16. The smallest absolute Gasteiger partial charge is 0.293 e. The molecule has 0 saturated carbocycles. The van der Waals surface area contributed by atoms with Gasteiger partial charge in [0.15, 0.2) is 5.82 Å². The summed E-state index contributed by atoms with van der Waals surface area (Å²) in [5, 5.41) is 2.96. The number of anilines is 1. The van der Waals surface area contributed by atoms with Gasteiger partial charge in [0.2, 0.25) is 5.91 Å². The Morgan fingerprint density at radius 3 is 2.90 bits per heavy atom. The molecule has 0 radical (unpaired) electrons. The maximum atomic E-state index is 12.1. The molecule has 0 unspecified atom stereocenters. The lowest BCUT2D eigenvalue weighted by molar-refractivity contribution is -0.134. The van der Waals surface area contributed by atoms with Gasteiger partial charge in [-0.15, -0.1) is 0 Å². The summed E-state index contributed by atoms with van der Waals surface area (Å²) >= 11 is 0. The number of carbonyl (C=O) groups is 1. The summed E-state index contributed by atoms with van der Waals surface area (Å²) in [5.74, 6) is 0.386. The molecule has 2 rings (SSSR count). The second-order valence-electron chi connectivity index (χ2n) is 4.94. The highest BCUT2D eigenvalue weighted by molar-refractivity contribution is 5.76. The minimum absolute atomic E-state index is 0.0793. The highest BCUT2D eigenvalue weighted by atomic mass is 16.5. The number of aromatic nitrogens is 2. The van der Waals surface area contributed by atoms with E-state index in [2.05, 4.69) is 10.3 Å². The topological polar surface area (TPSA) is 76.5 Å². The van der Waals surface area contributed by atoms with Gasteiger partial charge in [-0.1, -0.05) is 6.92 Å². The maximum Gasteiger partial charge on any atom is 0.293 e. The van der Waals surface area contributed by atoms with Crippen LogP contribution >= 0.6 is 0 Å². The molecule has 0 aromatic carbocycles. The SMILES string of the molecule is CCCn1ccnc(NCCC(=O)N2CCOCC2)c1=O. The van der Waals surface area contributed by atoms with E-state index in [-0.39, 0.29) is 11.5 Å². The molecule has 1 saturated heterocycles. The van der Waals surface area contributed by atoms with Gasteiger partial charge in [-0.05, 0) is 6.42 Å². The molecule has 0 bridgehead atoms. The Morgan fingerprint density at radius 1 is 1.43 bits per heavy atom. The number of nitrogens with one attached hydrogen (secondary N) is 1. The summed E-state index contributed by atoms with van der Waals surface area (Å²) in [6.07, 6.45) is 4.52. The van der Waals surface area contributed by atoms with Crippen molar-refractivity contribution >= 4 is 11.7 Å². The Labute approximate surface area is 123 Å². The summed E-state index contributed by atoms with van der Waals surface area (Å²) in [6, 6.07) is 0. The second-order valence-corrected chi connectivity index (χ2v) is 4.94.